The zero-order valence-electron chi connectivity index (χ0n) is 19.3. The first-order valence-electron chi connectivity index (χ1n) is 11.5. The molecule has 2 aromatic carbocycles. The Kier molecular flexibility index (Phi) is 8.39. The third kappa shape index (κ3) is 6.39. The number of carbonyl (C=O) groups is 2. The Morgan fingerprint density at radius 2 is 1.94 bits per heavy atom. The Balaban J connectivity index is 1.53. The van der Waals surface area contributed by atoms with Gasteiger partial charge in [0.15, 0.2) is 0 Å². The van der Waals surface area contributed by atoms with Crippen LogP contribution in [0.25, 0.3) is 0 Å². The fourth-order valence-corrected chi connectivity index (χ4v) is 4.22. The predicted octanol–water partition coefficient (Wildman–Crippen LogP) is 3.87. The molecule has 1 aliphatic rings. The molecule has 0 aliphatic carbocycles. The number of aryl methyl sites for hydroxylation is 2. The number of hydrogen-bond acceptors (Lipinski definition) is 3. The molecule has 32 heavy (non-hydrogen) atoms. The van der Waals surface area contributed by atoms with Crippen LogP contribution in [0.4, 0.5) is 4.39 Å². The van der Waals surface area contributed by atoms with E-state index in [4.69, 9.17) is 0 Å². The van der Waals surface area contributed by atoms with E-state index in [1.54, 1.807) is 12.1 Å². The first-order valence-corrected chi connectivity index (χ1v) is 11.5. The van der Waals surface area contributed by atoms with E-state index in [9.17, 15) is 14.0 Å². The summed E-state index contributed by atoms with van der Waals surface area (Å²) < 4.78 is 14.0. The highest BCUT2D eigenvalue weighted by Gasteiger charge is 2.29. The maximum atomic E-state index is 14.0. The number of nitrogens with zero attached hydrogens (tertiary/aromatic N) is 1. The Morgan fingerprint density at radius 1 is 1.16 bits per heavy atom. The van der Waals surface area contributed by atoms with Crippen molar-refractivity contribution in [2.75, 3.05) is 13.1 Å². The van der Waals surface area contributed by atoms with Gasteiger partial charge in [0.25, 0.3) is 0 Å². The van der Waals surface area contributed by atoms with Crippen molar-refractivity contribution in [3.63, 3.8) is 0 Å². The first-order chi connectivity index (χ1) is 15.4. The molecule has 0 bridgehead atoms. The normalized spacial score (nSPS) is 17.6. The molecular formula is C26H34FN3O2. The summed E-state index contributed by atoms with van der Waals surface area (Å²) in [7, 11) is 0. The minimum absolute atomic E-state index is 0.100. The summed E-state index contributed by atoms with van der Waals surface area (Å²) in [6.07, 6.45) is 2.18. The van der Waals surface area contributed by atoms with Crippen molar-refractivity contribution in [3.05, 3.63) is 70.5 Å². The SMILES string of the molecule is CC[C@H](NC(=O)[C@@H]1CCCN(Cc2ccccc2F)C1)C(=O)NCc1cc(C)ccc1C. The molecular weight excluding hydrogens is 405 g/mol. The smallest absolute Gasteiger partial charge is 0.242 e. The van der Waals surface area contributed by atoms with Gasteiger partial charge in [0, 0.05) is 25.2 Å². The average Bonchev–Trinajstić information content (AvgIpc) is 2.79. The molecule has 0 unspecified atom stereocenters. The van der Waals surface area contributed by atoms with Crippen molar-refractivity contribution in [2.45, 2.75) is 59.2 Å². The van der Waals surface area contributed by atoms with Gasteiger partial charge >= 0.3 is 0 Å². The van der Waals surface area contributed by atoms with Crippen molar-refractivity contribution < 1.29 is 14.0 Å². The number of rotatable bonds is 8. The van der Waals surface area contributed by atoms with E-state index < -0.39 is 6.04 Å². The van der Waals surface area contributed by atoms with Gasteiger partial charge in [0.2, 0.25) is 11.8 Å². The van der Waals surface area contributed by atoms with E-state index in [0.29, 0.717) is 31.6 Å². The van der Waals surface area contributed by atoms with Gasteiger partial charge in [-0.2, -0.15) is 0 Å². The first kappa shape index (κ1) is 23.9. The fraction of sp³-hybridized carbons (Fsp3) is 0.462. The van der Waals surface area contributed by atoms with Gasteiger partial charge in [-0.05, 0) is 56.8 Å². The summed E-state index contributed by atoms with van der Waals surface area (Å²) in [5.41, 5.74) is 4.00. The summed E-state index contributed by atoms with van der Waals surface area (Å²) in [6, 6.07) is 12.4. The van der Waals surface area contributed by atoms with Crippen LogP contribution in [0.3, 0.4) is 0 Å². The Hall–Kier alpha value is -2.73. The molecule has 2 N–H and O–H groups in total. The molecule has 172 valence electrons. The van der Waals surface area contributed by atoms with Crippen LogP contribution >= 0.6 is 0 Å². The largest absolute Gasteiger partial charge is 0.350 e. The molecule has 1 heterocycles. The summed E-state index contributed by atoms with van der Waals surface area (Å²) in [6.45, 7) is 8.29. The summed E-state index contributed by atoms with van der Waals surface area (Å²) in [5, 5.41) is 5.91. The van der Waals surface area contributed by atoms with Crippen LogP contribution in [0.2, 0.25) is 0 Å². The standard InChI is InChI=1S/C26H34FN3O2/c1-4-24(26(32)28-15-22-14-18(2)11-12-19(22)3)29-25(31)21-9-7-13-30(17-21)16-20-8-5-6-10-23(20)27/h5-6,8,10-12,14,21,24H,4,7,9,13,15-17H2,1-3H3,(H,28,32)(H,29,31)/t21-,24+/m1/s1. The second-order valence-electron chi connectivity index (χ2n) is 8.78. The van der Waals surface area contributed by atoms with Crippen LogP contribution in [-0.4, -0.2) is 35.8 Å². The molecule has 1 saturated heterocycles. The number of carbonyl (C=O) groups excluding carboxylic acids is 2. The average molecular weight is 440 g/mol. The Labute approximate surface area is 190 Å². The lowest BCUT2D eigenvalue weighted by Crippen LogP contribution is -2.50. The third-order valence-electron chi connectivity index (χ3n) is 6.23. The molecule has 5 nitrogen and oxygen atoms in total. The van der Waals surface area contributed by atoms with E-state index in [1.807, 2.05) is 32.9 Å². The molecule has 0 spiro atoms. The summed E-state index contributed by atoms with van der Waals surface area (Å²) in [5.74, 6) is -0.681. The quantitative estimate of drug-likeness (QED) is 0.657. The van der Waals surface area contributed by atoms with E-state index in [0.717, 1.165) is 36.1 Å². The van der Waals surface area contributed by atoms with Crippen LogP contribution in [-0.2, 0) is 22.7 Å². The van der Waals surface area contributed by atoms with E-state index >= 15 is 0 Å². The highest BCUT2D eigenvalue weighted by atomic mass is 19.1. The van der Waals surface area contributed by atoms with Crippen LogP contribution in [0, 0.1) is 25.6 Å². The Bertz CT molecular complexity index is 946. The number of nitrogens with one attached hydrogen (secondary N) is 2. The van der Waals surface area contributed by atoms with Gasteiger partial charge in [0.05, 0.1) is 5.92 Å². The zero-order valence-corrected chi connectivity index (χ0v) is 19.3. The molecule has 0 radical (unpaired) electrons. The monoisotopic (exact) mass is 439 g/mol. The van der Waals surface area contributed by atoms with Gasteiger partial charge in [-0.3, -0.25) is 14.5 Å². The molecule has 6 heteroatoms. The van der Waals surface area contributed by atoms with Gasteiger partial charge < -0.3 is 10.6 Å². The van der Waals surface area contributed by atoms with Crippen LogP contribution in [0.5, 0.6) is 0 Å². The molecule has 0 saturated carbocycles. The molecule has 0 aromatic heterocycles. The molecule has 2 atom stereocenters. The van der Waals surface area contributed by atoms with Crippen LogP contribution < -0.4 is 10.6 Å². The minimum Gasteiger partial charge on any atom is -0.350 e. The van der Waals surface area contributed by atoms with E-state index in [-0.39, 0.29) is 23.5 Å². The lowest BCUT2D eigenvalue weighted by Gasteiger charge is -2.32. The predicted molar refractivity (Wildman–Crippen MR) is 124 cm³/mol. The highest BCUT2D eigenvalue weighted by molar-refractivity contribution is 5.88. The molecule has 1 fully saturated rings. The lowest BCUT2D eigenvalue weighted by molar-refractivity contribution is -0.132. The van der Waals surface area contributed by atoms with Gasteiger partial charge in [0.1, 0.15) is 11.9 Å². The topological polar surface area (TPSA) is 61.4 Å². The number of amides is 2. The van der Waals surface area contributed by atoms with Crippen molar-refractivity contribution in [1.29, 1.82) is 0 Å². The number of piperidine rings is 1. The molecule has 3 rings (SSSR count). The number of likely N-dealkylation sites (tertiary alicyclic amines) is 1. The van der Waals surface area contributed by atoms with Gasteiger partial charge in [-0.1, -0.05) is 48.9 Å². The maximum absolute atomic E-state index is 14.0. The molecule has 2 amide bonds. The van der Waals surface area contributed by atoms with Crippen molar-refractivity contribution in [2.24, 2.45) is 5.92 Å². The minimum atomic E-state index is -0.561. The number of hydrogen-bond donors (Lipinski definition) is 2. The van der Waals surface area contributed by atoms with Crippen molar-refractivity contribution in [3.8, 4) is 0 Å². The second kappa shape index (κ2) is 11.2. The van der Waals surface area contributed by atoms with Crippen molar-refractivity contribution in [1.82, 2.24) is 15.5 Å². The maximum Gasteiger partial charge on any atom is 0.242 e. The van der Waals surface area contributed by atoms with E-state index in [1.165, 1.54) is 6.07 Å². The van der Waals surface area contributed by atoms with Gasteiger partial charge in [-0.15, -0.1) is 0 Å². The Morgan fingerprint density at radius 3 is 2.69 bits per heavy atom. The van der Waals surface area contributed by atoms with Gasteiger partial charge in [-0.25, -0.2) is 4.39 Å². The summed E-state index contributed by atoms with van der Waals surface area (Å²) in [4.78, 5) is 27.8. The third-order valence-corrected chi connectivity index (χ3v) is 6.23. The number of benzene rings is 2. The van der Waals surface area contributed by atoms with E-state index in [2.05, 4.69) is 27.7 Å². The van der Waals surface area contributed by atoms with Crippen LogP contribution in [0.15, 0.2) is 42.5 Å². The lowest BCUT2D eigenvalue weighted by atomic mass is 9.96. The second-order valence-corrected chi connectivity index (χ2v) is 8.78. The number of halogens is 1. The fourth-order valence-electron chi connectivity index (χ4n) is 4.22. The van der Waals surface area contributed by atoms with Crippen molar-refractivity contribution >= 4 is 11.8 Å². The van der Waals surface area contributed by atoms with Crippen LogP contribution in [0.1, 0.15) is 48.4 Å². The molecule has 1 aliphatic heterocycles. The zero-order chi connectivity index (χ0) is 23.1. The highest BCUT2D eigenvalue weighted by Crippen LogP contribution is 2.20. The summed E-state index contributed by atoms with van der Waals surface area (Å²) >= 11 is 0. The molecule has 2 aromatic rings.